The van der Waals surface area contributed by atoms with Gasteiger partial charge >= 0.3 is 0 Å². The van der Waals surface area contributed by atoms with Gasteiger partial charge < -0.3 is 10.2 Å². The Morgan fingerprint density at radius 1 is 1.35 bits per heavy atom. The molecule has 1 aromatic heterocycles. The summed E-state index contributed by atoms with van der Waals surface area (Å²) in [7, 11) is 0. The Hall–Kier alpha value is -2.28. The largest absolute Gasteiger partial charge is 0.352 e. The molecule has 0 radical (unpaired) electrons. The van der Waals surface area contributed by atoms with Crippen molar-refractivity contribution in [2.45, 2.75) is 26.2 Å². The van der Waals surface area contributed by atoms with E-state index < -0.39 is 0 Å². The minimum Gasteiger partial charge on any atom is -0.352 e. The second-order valence-corrected chi connectivity index (χ2v) is 7.66. The number of rotatable bonds is 5. The Labute approximate surface area is 156 Å². The quantitative estimate of drug-likeness (QED) is 0.874. The molecule has 1 saturated heterocycles. The number of aromatic nitrogens is 1. The fraction of sp³-hybridized carbons (Fsp3) is 0.421. The zero-order valence-electron chi connectivity index (χ0n) is 14.7. The molecule has 0 aliphatic carbocycles. The molecule has 138 valence electrons. The van der Waals surface area contributed by atoms with Crippen molar-refractivity contribution in [2.75, 3.05) is 19.6 Å². The minimum atomic E-state index is -0.363. The minimum absolute atomic E-state index is 0.0878. The van der Waals surface area contributed by atoms with Crippen LogP contribution in [-0.2, 0) is 11.2 Å². The lowest BCUT2D eigenvalue weighted by molar-refractivity contribution is -0.132. The van der Waals surface area contributed by atoms with Crippen LogP contribution in [0, 0.1) is 18.7 Å². The third kappa shape index (κ3) is 4.88. The Kier molecular flexibility index (Phi) is 5.98. The van der Waals surface area contributed by atoms with E-state index >= 15 is 0 Å². The highest BCUT2D eigenvalue weighted by Gasteiger charge is 2.24. The monoisotopic (exact) mass is 375 g/mol. The number of aryl methyl sites for hydroxylation is 1. The Morgan fingerprint density at radius 3 is 2.81 bits per heavy atom. The van der Waals surface area contributed by atoms with E-state index in [2.05, 4.69) is 10.3 Å². The summed E-state index contributed by atoms with van der Waals surface area (Å²) in [4.78, 5) is 30.8. The van der Waals surface area contributed by atoms with Crippen LogP contribution in [0.3, 0.4) is 0 Å². The number of likely N-dealkylation sites (tertiary alicyclic amines) is 1. The molecule has 5 nitrogen and oxygen atoms in total. The number of carbonyl (C=O) groups excluding carboxylic acids is 2. The molecule has 2 heterocycles. The molecular weight excluding hydrogens is 353 g/mol. The molecule has 1 aromatic carbocycles. The van der Waals surface area contributed by atoms with Crippen molar-refractivity contribution in [3.63, 3.8) is 0 Å². The third-order valence-corrected chi connectivity index (χ3v) is 5.35. The van der Waals surface area contributed by atoms with Crippen LogP contribution in [0.15, 0.2) is 29.6 Å². The van der Waals surface area contributed by atoms with Crippen LogP contribution in [0.4, 0.5) is 4.39 Å². The topological polar surface area (TPSA) is 62.3 Å². The van der Waals surface area contributed by atoms with Crippen LogP contribution in [0.2, 0.25) is 0 Å². The molecule has 1 N–H and O–H groups in total. The van der Waals surface area contributed by atoms with E-state index in [1.807, 2.05) is 17.2 Å². The van der Waals surface area contributed by atoms with Crippen molar-refractivity contribution in [2.24, 2.45) is 5.92 Å². The predicted octanol–water partition coefficient (Wildman–Crippen LogP) is 2.80. The first kappa shape index (κ1) is 18.5. The van der Waals surface area contributed by atoms with Gasteiger partial charge in [-0.1, -0.05) is 0 Å². The Balaban J connectivity index is 1.49. The maximum Gasteiger partial charge on any atom is 0.251 e. The second kappa shape index (κ2) is 8.40. The van der Waals surface area contributed by atoms with Crippen LogP contribution in [-0.4, -0.2) is 41.3 Å². The number of halogens is 1. The molecule has 1 aliphatic rings. The highest BCUT2D eigenvalue weighted by Crippen LogP contribution is 2.18. The zero-order valence-corrected chi connectivity index (χ0v) is 15.5. The number of hydrogen-bond donors (Lipinski definition) is 1. The van der Waals surface area contributed by atoms with Crippen molar-refractivity contribution < 1.29 is 14.0 Å². The van der Waals surface area contributed by atoms with E-state index in [0.717, 1.165) is 30.1 Å². The van der Waals surface area contributed by atoms with E-state index in [9.17, 15) is 14.0 Å². The highest BCUT2D eigenvalue weighted by atomic mass is 32.1. The number of thiazole rings is 1. The molecule has 1 atom stereocenters. The van der Waals surface area contributed by atoms with Crippen LogP contribution < -0.4 is 5.32 Å². The van der Waals surface area contributed by atoms with E-state index in [4.69, 9.17) is 0 Å². The molecule has 7 heteroatoms. The number of carbonyl (C=O) groups is 2. The third-order valence-electron chi connectivity index (χ3n) is 4.53. The molecule has 3 rings (SSSR count). The lowest BCUT2D eigenvalue weighted by atomic mass is 9.97. The molecule has 1 fully saturated rings. The molecule has 2 amide bonds. The van der Waals surface area contributed by atoms with Crippen LogP contribution >= 0.6 is 11.3 Å². The van der Waals surface area contributed by atoms with Gasteiger partial charge in [-0.25, -0.2) is 9.37 Å². The zero-order chi connectivity index (χ0) is 18.5. The van der Waals surface area contributed by atoms with Crippen molar-refractivity contribution in [3.05, 3.63) is 51.7 Å². The normalized spacial score (nSPS) is 17.2. The van der Waals surface area contributed by atoms with Crippen LogP contribution in [0.1, 0.15) is 33.9 Å². The van der Waals surface area contributed by atoms with E-state index in [1.165, 1.54) is 24.3 Å². The summed E-state index contributed by atoms with van der Waals surface area (Å²) in [5.41, 5.74) is 1.26. The first-order valence-corrected chi connectivity index (χ1v) is 9.62. The first-order chi connectivity index (χ1) is 12.5. The fourth-order valence-corrected chi connectivity index (χ4v) is 3.77. The molecule has 0 bridgehead atoms. The SMILES string of the molecule is Cc1nc(CC(=O)N2CCC[C@@H](CNC(=O)c3ccc(F)cc3)C2)cs1. The van der Waals surface area contributed by atoms with Crippen molar-refractivity contribution >= 4 is 23.2 Å². The fourth-order valence-electron chi connectivity index (χ4n) is 3.15. The molecule has 26 heavy (non-hydrogen) atoms. The Morgan fingerprint density at radius 2 is 2.12 bits per heavy atom. The molecule has 1 aliphatic heterocycles. The summed E-state index contributed by atoms with van der Waals surface area (Å²) in [5.74, 6) is -0.260. The summed E-state index contributed by atoms with van der Waals surface area (Å²) >= 11 is 1.55. The number of benzene rings is 1. The number of hydrogen-bond acceptors (Lipinski definition) is 4. The van der Waals surface area contributed by atoms with Gasteiger partial charge in [0.15, 0.2) is 0 Å². The van der Waals surface area contributed by atoms with Gasteiger partial charge in [0.05, 0.1) is 17.1 Å². The van der Waals surface area contributed by atoms with Gasteiger partial charge in [0.2, 0.25) is 5.91 Å². The molecule has 0 unspecified atom stereocenters. The Bertz CT molecular complexity index is 775. The summed E-state index contributed by atoms with van der Waals surface area (Å²) < 4.78 is 12.9. The van der Waals surface area contributed by atoms with E-state index in [0.29, 0.717) is 25.1 Å². The van der Waals surface area contributed by atoms with Gasteiger partial charge in [-0.15, -0.1) is 11.3 Å². The average molecular weight is 375 g/mol. The second-order valence-electron chi connectivity index (χ2n) is 6.60. The van der Waals surface area contributed by atoms with Gasteiger partial charge in [-0.3, -0.25) is 9.59 Å². The summed E-state index contributed by atoms with van der Waals surface area (Å²) in [6.07, 6.45) is 2.24. The molecular formula is C19H22FN3O2S. The predicted molar refractivity (Wildman–Crippen MR) is 98.6 cm³/mol. The number of piperidine rings is 1. The van der Waals surface area contributed by atoms with Crippen molar-refractivity contribution in [1.29, 1.82) is 0 Å². The summed E-state index contributed by atoms with van der Waals surface area (Å²) in [5, 5.41) is 5.78. The van der Waals surface area contributed by atoms with Crippen LogP contribution in [0.25, 0.3) is 0 Å². The summed E-state index contributed by atoms with van der Waals surface area (Å²) in [6, 6.07) is 5.49. The average Bonchev–Trinajstić information content (AvgIpc) is 3.05. The van der Waals surface area contributed by atoms with Crippen LogP contribution in [0.5, 0.6) is 0 Å². The molecule has 0 saturated carbocycles. The maximum atomic E-state index is 12.9. The maximum absolute atomic E-state index is 12.9. The summed E-state index contributed by atoms with van der Waals surface area (Å²) in [6.45, 7) is 3.84. The van der Waals surface area contributed by atoms with Crippen molar-refractivity contribution in [3.8, 4) is 0 Å². The van der Waals surface area contributed by atoms with Gasteiger partial charge in [-0.05, 0) is 49.9 Å². The lowest BCUT2D eigenvalue weighted by Crippen LogP contribution is -2.44. The first-order valence-electron chi connectivity index (χ1n) is 8.74. The van der Waals surface area contributed by atoms with Crippen molar-refractivity contribution in [1.82, 2.24) is 15.2 Å². The standard InChI is InChI=1S/C19H22FN3O2S/c1-13-22-17(12-26-13)9-18(24)23-8-2-3-14(11-23)10-21-19(25)15-4-6-16(20)7-5-15/h4-7,12,14H,2-3,8-11H2,1H3,(H,21,25)/t14-/m0/s1. The number of amides is 2. The van der Waals surface area contributed by atoms with Gasteiger partial charge in [0, 0.05) is 30.6 Å². The number of nitrogens with one attached hydrogen (secondary N) is 1. The van der Waals surface area contributed by atoms with Gasteiger partial charge in [0.1, 0.15) is 5.82 Å². The smallest absolute Gasteiger partial charge is 0.251 e. The molecule has 2 aromatic rings. The highest BCUT2D eigenvalue weighted by molar-refractivity contribution is 7.09. The van der Waals surface area contributed by atoms with Gasteiger partial charge in [0.25, 0.3) is 5.91 Å². The van der Waals surface area contributed by atoms with Gasteiger partial charge in [-0.2, -0.15) is 0 Å². The molecule has 0 spiro atoms. The lowest BCUT2D eigenvalue weighted by Gasteiger charge is -2.32. The number of nitrogens with zero attached hydrogens (tertiary/aromatic N) is 2. The van der Waals surface area contributed by atoms with E-state index in [1.54, 1.807) is 11.3 Å². The van der Waals surface area contributed by atoms with E-state index in [-0.39, 0.29) is 23.5 Å².